The zero-order valence-electron chi connectivity index (χ0n) is 9.15. The van der Waals surface area contributed by atoms with E-state index >= 15 is 0 Å². The zero-order chi connectivity index (χ0) is 13.1. The van der Waals surface area contributed by atoms with E-state index in [2.05, 4.69) is 4.98 Å². The van der Waals surface area contributed by atoms with Crippen molar-refractivity contribution in [2.24, 2.45) is 0 Å². The van der Waals surface area contributed by atoms with Crippen LogP contribution < -0.4 is 11.0 Å². The zero-order valence-corrected chi connectivity index (χ0v) is 9.15. The molecular weight excluding hydrogens is 246 g/mol. The monoisotopic (exact) mass is 257 g/mol. The number of hydrogen-bond acceptors (Lipinski definition) is 6. The predicted octanol–water partition coefficient (Wildman–Crippen LogP) is -0.803. The number of hydrogen-bond donors (Lipinski definition) is 3. The Hall–Kier alpha value is -1.97. The minimum Gasteiger partial charge on any atom is -0.465 e. The van der Waals surface area contributed by atoms with E-state index in [-0.39, 0.29) is 19.0 Å². The molecule has 0 bridgehead atoms. The first-order chi connectivity index (χ1) is 8.60. The summed E-state index contributed by atoms with van der Waals surface area (Å²) in [5.41, 5.74) is -0.673. The number of nitrogens with one attached hydrogen (secondary N) is 1. The largest absolute Gasteiger partial charge is 0.465 e. The van der Waals surface area contributed by atoms with Crippen LogP contribution in [-0.4, -0.2) is 45.4 Å². The maximum atomic E-state index is 11.6. The molecule has 1 fully saturated rings. The minimum absolute atomic E-state index is 0.0682. The molecule has 9 heteroatoms. The van der Waals surface area contributed by atoms with E-state index in [4.69, 9.17) is 19.7 Å². The van der Waals surface area contributed by atoms with Gasteiger partial charge in [0.25, 0.3) is 0 Å². The Bertz CT molecular complexity index is 501. The number of nitrogens with zero attached hydrogens (tertiary/aromatic N) is 2. The number of amides is 1. The first-order valence-corrected chi connectivity index (χ1v) is 5.07. The van der Waals surface area contributed by atoms with Crippen LogP contribution in [0.1, 0.15) is 6.23 Å². The summed E-state index contributed by atoms with van der Waals surface area (Å²) in [7, 11) is 0. The summed E-state index contributed by atoms with van der Waals surface area (Å²) in [6.45, 7) is -0.199. The normalized spacial score (nSPS) is 22.9. The summed E-state index contributed by atoms with van der Waals surface area (Å²) >= 11 is 0. The van der Waals surface area contributed by atoms with Crippen molar-refractivity contribution < 1.29 is 24.5 Å². The van der Waals surface area contributed by atoms with Crippen molar-refractivity contribution in [1.82, 2.24) is 9.55 Å². The molecule has 0 aromatic carbocycles. The predicted molar refractivity (Wildman–Crippen MR) is 57.1 cm³/mol. The Labute approximate surface area is 101 Å². The molecule has 98 valence electrons. The van der Waals surface area contributed by atoms with E-state index in [1.165, 1.54) is 12.3 Å². The molecule has 9 nitrogen and oxygen atoms in total. The molecule has 1 aliphatic rings. The number of aromatic nitrogens is 2. The molecule has 0 spiro atoms. The molecule has 3 N–H and O–H groups in total. The molecule has 1 aromatic rings. The highest BCUT2D eigenvalue weighted by Crippen LogP contribution is 2.18. The van der Waals surface area contributed by atoms with Gasteiger partial charge in [-0.25, -0.2) is 9.59 Å². The van der Waals surface area contributed by atoms with Gasteiger partial charge in [-0.1, -0.05) is 0 Å². The van der Waals surface area contributed by atoms with Crippen molar-refractivity contribution in [2.75, 3.05) is 18.5 Å². The highest BCUT2D eigenvalue weighted by atomic mass is 16.7. The van der Waals surface area contributed by atoms with Gasteiger partial charge in [0.15, 0.2) is 12.5 Å². The maximum absolute atomic E-state index is 11.6. The quantitative estimate of drug-likeness (QED) is 0.647. The third-order valence-corrected chi connectivity index (χ3v) is 2.26. The number of carboxylic acid groups (broad SMARTS) is 1. The van der Waals surface area contributed by atoms with E-state index in [1.54, 1.807) is 0 Å². The number of aliphatic hydroxyl groups is 1. The standard InChI is InChI=1S/C9H11N3O6/c13-3-7-17-4-6(18-7)12-2-1-5(10-8(12)14)11-9(15)16/h1-2,6-7,13H,3-4H2,(H,15,16)(H,10,11,14). The van der Waals surface area contributed by atoms with Crippen LogP contribution in [0.25, 0.3) is 0 Å². The minimum atomic E-state index is -1.31. The van der Waals surface area contributed by atoms with Crippen LogP contribution in [-0.2, 0) is 9.47 Å². The lowest BCUT2D eigenvalue weighted by Crippen LogP contribution is -2.29. The fourth-order valence-corrected chi connectivity index (χ4v) is 1.50. The average Bonchev–Trinajstić information content (AvgIpc) is 2.76. The van der Waals surface area contributed by atoms with Gasteiger partial charge in [0, 0.05) is 6.20 Å². The van der Waals surface area contributed by atoms with Gasteiger partial charge in [-0.05, 0) is 6.07 Å². The lowest BCUT2D eigenvalue weighted by atomic mass is 10.5. The SMILES string of the molecule is O=C(O)Nc1ccn(C2COC(CO)O2)c(=O)n1. The third kappa shape index (κ3) is 2.64. The summed E-state index contributed by atoms with van der Waals surface area (Å²) in [5.74, 6) is -0.0682. The fourth-order valence-electron chi connectivity index (χ4n) is 1.50. The van der Waals surface area contributed by atoms with Crippen LogP contribution >= 0.6 is 0 Å². The average molecular weight is 257 g/mol. The molecule has 0 aliphatic carbocycles. The van der Waals surface area contributed by atoms with Crippen molar-refractivity contribution in [3.8, 4) is 0 Å². The highest BCUT2D eigenvalue weighted by molar-refractivity contribution is 5.81. The van der Waals surface area contributed by atoms with Gasteiger partial charge >= 0.3 is 11.8 Å². The molecular formula is C9H11N3O6. The summed E-state index contributed by atoms with van der Waals surface area (Å²) in [4.78, 5) is 25.5. The molecule has 0 saturated carbocycles. The third-order valence-electron chi connectivity index (χ3n) is 2.26. The van der Waals surface area contributed by atoms with E-state index in [0.717, 1.165) is 4.57 Å². The Balaban J connectivity index is 2.15. The molecule has 1 amide bonds. The van der Waals surface area contributed by atoms with Crippen molar-refractivity contribution in [2.45, 2.75) is 12.5 Å². The highest BCUT2D eigenvalue weighted by Gasteiger charge is 2.27. The van der Waals surface area contributed by atoms with E-state index < -0.39 is 24.3 Å². The fraction of sp³-hybridized carbons (Fsp3) is 0.444. The molecule has 1 saturated heterocycles. The van der Waals surface area contributed by atoms with Gasteiger partial charge in [-0.2, -0.15) is 4.98 Å². The van der Waals surface area contributed by atoms with Crippen LogP contribution in [0, 0.1) is 0 Å². The van der Waals surface area contributed by atoms with Crippen molar-refractivity contribution in [3.63, 3.8) is 0 Å². The smallest absolute Gasteiger partial charge is 0.410 e. The number of anilines is 1. The van der Waals surface area contributed by atoms with Crippen LogP contribution in [0.5, 0.6) is 0 Å². The molecule has 1 aromatic heterocycles. The van der Waals surface area contributed by atoms with Crippen LogP contribution in [0.2, 0.25) is 0 Å². The number of carbonyl (C=O) groups is 1. The van der Waals surface area contributed by atoms with Crippen molar-refractivity contribution in [3.05, 3.63) is 22.7 Å². The van der Waals surface area contributed by atoms with Gasteiger partial charge in [-0.3, -0.25) is 9.88 Å². The van der Waals surface area contributed by atoms with Crippen LogP contribution in [0.15, 0.2) is 17.1 Å². The van der Waals surface area contributed by atoms with Crippen LogP contribution in [0.4, 0.5) is 10.6 Å². The molecule has 2 unspecified atom stereocenters. The van der Waals surface area contributed by atoms with Gasteiger partial charge in [0.2, 0.25) is 0 Å². The molecule has 18 heavy (non-hydrogen) atoms. The van der Waals surface area contributed by atoms with Crippen LogP contribution in [0.3, 0.4) is 0 Å². The second-order valence-electron chi connectivity index (χ2n) is 3.47. The first-order valence-electron chi connectivity index (χ1n) is 5.07. The number of ether oxygens (including phenoxy) is 2. The Morgan fingerprint density at radius 2 is 2.44 bits per heavy atom. The van der Waals surface area contributed by atoms with E-state index in [1.807, 2.05) is 5.32 Å². The molecule has 2 rings (SSSR count). The second-order valence-corrected chi connectivity index (χ2v) is 3.47. The van der Waals surface area contributed by atoms with E-state index in [0.29, 0.717) is 0 Å². The lowest BCUT2D eigenvalue weighted by molar-refractivity contribution is -0.0992. The topological polar surface area (TPSA) is 123 Å². The van der Waals surface area contributed by atoms with Gasteiger partial charge in [-0.15, -0.1) is 0 Å². The lowest BCUT2D eigenvalue weighted by Gasteiger charge is -2.12. The maximum Gasteiger partial charge on any atom is 0.410 e. The molecule has 2 heterocycles. The van der Waals surface area contributed by atoms with Gasteiger partial charge < -0.3 is 19.7 Å². The second kappa shape index (κ2) is 5.12. The van der Waals surface area contributed by atoms with E-state index in [9.17, 15) is 9.59 Å². The first kappa shape index (κ1) is 12.5. The summed E-state index contributed by atoms with van der Waals surface area (Å²) in [6, 6.07) is 1.32. The van der Waals surface area contributed by atoms with Gasteiger partial charge in [0.05, 0.1) is 13.2 Å². The molecule has 2 atom stereocenters. The van der Waals surface area contributed by atoms with Crippen molar-refractivity contribution >= 4 is 11.9 Å². The van der Waals surface area contributed by atoms with Crippen molar-refractivity contribution in [1.29, 1.82) is 0 Å². The summed E-state index contributed by atoms with van der Waals surface area (Å²) in [6.07, 6.45) is -1.41. The Morgan fingerprint density at radius 1 is 1.67 bits per heavy atom. The Morgan fingerprint density at radius 3 is 3.00 bits per heavy atom. The molecule has 0 radical (unpaired) electrons. The summed E-state index contributed by atoms with van der Waals surface area (Å²) in [5, 5.41) is 19.3. The summed E-state index contributed by atoms with van der Waals surface area (Å²) < 4.78 is 11.4. The number of rotatable bonds is 3. The van der Waals surface area contributed by atoms with Gasteiger partial charge in [0.1, 0.15) is 5.82 Å². The molecule has 1 aliphatic heterocycles. The Kier molecular flexibility index (Phi) is 3.55. The number of aliphatic hydroxyl groups excluding tert-OH is 1.